The normalized spacial score (nSPS) is 21.1. The van der Waals surface area contributed by atoms with Crippen LogP contribution in [0, 0.1) is 0 Å². The molecular formula is C30H43NO19. The van der Waals surface area contributed by atoms with Crippen molar-refractivity contribution in [3.8, 4) is 0 Å². The Bertz CT molecular complexity index is 1270. The molecule has 0 radical (unpaired) electrons. The first kappa shape index (κ1) is 43.2. The van der Waals surface area contributed by atoms with E-state index in [4.69, 9.17) is 47.4 Å². The van der Waals surface area contributed by atoms with Crippen molar-refractivity contribution in [2.24, 2.45) is 0 Å². The zero-order valence-corrected chi connectivity index (χ0v) is 29.1. The molecule has 1 saturated heterocycles. The van der Waals surface area contributed by atoms with E-state index in [1.54, 1.807) is 0 Å². The lowest BCUT2D eigenvalue weighted by Crippen LogP contribution is -2.59. The van der Waals surface area contributed by atoms with E-state index >= 15 is 0 Å². The van der Waals surface area contributed by atoms with E-state index in [0.29, 0.717) is 0 Å². The van der Waals surface area contributed by atoms with Crippen LogP contribution in [0.25, 0.3) is 0 Å². The standard InChI is InChI=1S/C30H43NO19/c1-13(32)31-22(10-41-14(2)33)25(46-19(7)38)26(23(44-17(5)36)11-42-15(3)34)49-30-29(48-21(9)40)28(47-20(8)39)27(50-30)24(45-18(6)37)12-43-16(4)35/h22-30H,10-12H2,1-9H3,(H,31,32)/t22-,23+,24+,25+,26+,27-,28-,29+,30+/m0/s1. The van der Waals surface area contributed by atoms with Crippen LogP contribution in [-0.4, -0.2) is 129 Å². The summed E-state index contributed by atoms with van der Waals surface area (Å²) in [5.74, 6) is -7.84. The minimum absolute atomic E-state index is 0.633. The summed E-state index contributed by atoms with van der Waals surface area (Å²) in [5.41, 5.74) is 0. The lowest BCUT2D eigenvalue weighted by molar-refractivity contribution is -0.253. The zero-order chi connectivity index (χ0) is 38.3. The Morgan fingerprint density at radius 3 is 1.48 bits per heavy atom. The van der Waals surface area contributed by atoms with Gasteiger partial charge >= 0.3 is 47.8 Å². The first-order chi connectivity index (χ1) is 23.2. The van der Waals surface area contributed by atoms with Gasteiger partial charge in [-0.1, -0.05) is 0 Å². The summed E-state index contributed by atoms with van der Waals surface area (Å²) in [4.78, 5) is 109. The van der Waals surface area contributed by atoms with E-state index in [0.717, 1.165) is 62.3 Å². The number of hydrogen-bond acceptors (Lipinski definition) is 19. The highest BCUT2D eigenvalue weighted by Gasteiger charge is 2.56. The Balaban J connectivity index is 4.00. The molecule has 0 bridgehead atoms. The van der Waals surface area contributed by atoms with Crippen molar-refractivity contribution in [2.75, 3.05) is 19.8 Å². The Morgan fingerprint density at radius 2 is 1.02 bits per heavy atom. The Kier molecular flexibility index (Phi) is 17.8. The topological polar surface area (TPSA) is 258 Å². The maximum atomic E-state index is 12.4. The van der Waals surface area contributed by atoms with Crippen molar-refractivity contribution in [3.05, 3.63) is 0 Å². The maximum absolute atomic E-state index is 12.4. The largest absolute Gasteiger partial charge is 0.464 e. The minimum atomic E-state index is -1.88. The van der Waals surface area contributed by atoms with Gasteiger partial charge in [0.25, 0.3) is 0 Å². The number of hydrogen-bond donors (Lipinski definition) is 1. The first-order valence-electron chi connectivity index (χ1n) is 15.1. The van der Waals surface area contributed by atoms with Crippen molar-refractivity contribution in [1.82, 2.24) is 5.32 Å². The fraction of sp³-hybridized carbons (Fsp3) is 0.700. The minimum Gasteiger partial charge on any atom is -0.464 e. The molecular weight excluding hydrogens is 678 g/mol. The predicted octanol–water partition coefficient (Wildman–Crippen LogP) is -1.05. The average molecular weight is 722 g/mol. The fourth-order valence-electron chi connectivity index (χ4n) is 4.71. The molecule has 1 amide bonds. The van der Waals surface area contributed by atoms with Gasteiger partial charge in [-0.3, -0.25) is 43.2 Å². The number of ether oxygens (including phenoxy) is 10. The second-order valence-corrected chi connectivity index (χ2v) is 10.8. The van der Waals surface area contributed by atoms with E-state index in [1.807, 2.05) is 0 Å². The van der Waals surface area contributed by atoms with E-state index in [2.05, 4.69) is 5.32 Å². The number of amides is 1. The van der Waals surface area contributed by atoms with Crippen LogP contribution in [0.5, 0.6) is 0 Å². The molecule has 20 nitrogen and oxygen atoms in total. The van der Waals surface area contributed by atoms with Crippen molar-refractivity contribution in [2.45, 2.75) is 117 Å². The molecule has 50 heavy (non-hydrogen) atoms. The van der Waals surface area contributed by atoms with Crippen molar-refractivity contribution < 1.29 is 90.5 Å². The molecule has 0 aliphatic carbocycles. The van der Waals surface area contributed by atoms with Gasteiger partial charge in [0, 0.05) is 62.3 Å². The van der Waals surface area contributed by atoms with Gasteiger partial charge in [0.2, 0.25) is 5.91 Å². The molecule has 1 aliphatic heterocycles. The number of carbonyl (C=O) groups is 9. The molecule has 0 unspecified atom stereocenters. The quantitative estimate of drug-likeness (QED) is 0.131. The first-order valence-corrected chi connectivity index (χ1v) is 15.1. The van der Waals surface area contributed by atoms with Crippen LogP contribution in [0.4, 0.5) is 0 Å². The monoisotopic (exact) mass is 721 g/mol. The summed E-state index contributed by atoms with van der Waals surface area (Å²) in [5, 5.41) is 2.45. The van der Waals surface area contributed by atoms with Gasteiger partial charge in [0.1, 0.15) is 38.1 Å². The second kappa shape index (κ2) is 20.6. The number of rotatable bonds is 18. The molecule has 9 atom stereocenters. The van der Waals surface area contributed by atoms with Gasteiger partial charge in [0.15, 0.2) is 36.8 Å². The SMILES string of the molecule is CC(=O)N[C@@H](COC(C)=O)[C@@H](OC(C)=O)[C@H](O[C@@H]1O[C@@H]([C@@H](COC(C)=O)OC(C)=O)[C@H](OC(C)=O)[C@H]1OC(C)=O)[C@@H](COC(C)=O)OC(C)=O. The van der Waals surface area contributed by atoms with Gasteiger partial charge in [-0.2, -0.15) is 0 Å². The van der Waals surface area contributed by atoms with Crippen LogP contribution in [0.1, 0.15) is 62.3 Å². The fourth-order valence-corrected chi connectivity index (χ4v) is 4.71. The third kappa shape index (κ3) is 15.6. The number of esters is 8. The van der Waals surface area contributed by atoms with Crippen molar-refractivity contribution in [3.63, 3.8) is 0 Å². The van der Waals surface area contributed by atoms with Crippen molar-refractivity contribution >= 4 is 53.7 Å². The van der Waals surface area contributed by atoms with Crippen LogP contribution in [0.3, 0.4) is 0 Å². The van der Waals surface area contributed by atoms with E-state index in [1.165, 1.54) is 0 Å². The molecule has 1 N–H and O–H groups in total. The van der Waals surface area contributed by atoms with Crippen LogP contribution in [0.15, 0.2) is 0 Å². The predicted molar refractivity (Wildman–Crippen MR) is 159 cm³/mol. The number of carbonyl (C=O) groups excluding carboxylic acids is 9. The molecule has 1 aliphatic rings. The molecule has 1 rings (SSSR count). The van der Waals surface area contributed by atoms with Gasteiger partial charge in [-0.15, -0.1) is 0 Å². The summed E-state index contributed by atoms with van der Waals surface area (Å²) >= 11 is 0. The van der Waals surface area contributed by atoms with Crippen LogP contribution in [0.2, 0.25) is 0 Å². The van der Waals surface area contributed by atoms with E-state index in [-0.39, 0.29) is 0 Å². The lowest BCUT2D eigenvalue weighted by atomic mass is 10.00. The molecule has 0 aromatic carbocycles. The summed E-state index contributed by atoms with van der Waals surface area (Å²) in [6.07, 6.45) is -13.6. The van der Waals surface area contributed by atoms with Gasteiger partial charge in [-0.25, -0.2) is 0 Å². The van der Waals surface area contributed by atoms with E-state index in [9.17, 15) is 43.2 Å². The zero-order valence-electron chi connectivity index (χ0n) is 29.1. The van der Waals surface area contributed by atoms with Crippen LogP contribution in [-0.2, 0) is 90.5 Å². The second-order valence-electron chi connectivity index (χ2n) is 10.8. The van der Waals surface area contributed by atoms with Crippen LogP contribution < -0.4 is 5.32 Å². The molecule has 0 spiro atoms. The van der Waals surface area contributed by atoms with Crippen molar-refractivity contribution in [1.29, 1.82) is 0 Å². The molecule has 0 aromatic rings. The molecule has 282 valence electrons. The molecule has 0 saturated carbocycles. The summed E-state index contributed by atoms with van der Waals surface area (Å²) < 4.78 is 54.4. The van der Waals surface area contributed by atoms with Gasteiger partial charge < -0.3 is 52.7 Å². The smallest absolute Gasteiger partial charge is 0.303 e. The Hall–Kier alpha value is -4.85. The lowest BCUT2D eigenvalue weighted by Gasteiger charge is -2.38. The maximum Gasteiger partial charge on any atom is 0.303 e. The third-order valence-electron chi connectivity index (χ3n) is 6.25. The van der Waals surface area contributed by atoms with Gasteiger partial charge in [-0.05, 0) is 0 Å². The highest BCUT2D eigenvalue weighted by Crippen LogP contribution is 2.34. The summed E-state index contributed by atoms with van der Waals surface area (Å²) in [6.45, 7) is 7.22. The summed E-state index contributed by atoms with van der Waals surface area (Å²) in [7, 11) is 0. The third-order valence-corrected chi connectivity index (χ3v) is 6.25. The summed E-state index contributed by atoms with van der Waals surface area (Å²) in [6, 6.07) is -1.44. The van der Waals surface area contributed by atoms with Crippen LogP contribution >= 0.6 is 0 Å². The Labute approximate surface area is 286 Å². The average Bonchev–Trinajstić information content (AvgIpc) is 3.27. The van der Waals surface area contributed by atoms with E-state index < -0.39 is 129 Å². The Morgan fingerprint density at radius 1 is 0.540 bits per heavy atom. The molecule has 1 fully saturated rings. The van der Waals surface area contributed by atoms with Gasteiger partial charge in [0.05, 0.1) is 0 Å². The molecule has 0 aromatic heterocycles. The highest BCUT2D eigenvalue weighted by atomic mass is 16.8. The molecule has 20 heteroatoms. The molecule has 1 heterocycles. The highest BCUT2D eigenvalue weighted by molar-refractivity contribution is 5.74. The number of nitrogens with one attached hydrogen (secondary N) is 1.